The maximum absolute atomic E-state index is 13.5. The summed E-state index contributed by atoms with van der Waals surface area (Å²) in [6.07, 6.45) is 1.69. The third-order valence-electron chi connectivity index (χ3n) is 4.98. The molecule has 10 heteroatoms. The number of carbonyl (C=O) groups excluding carboxylic acids is 2. The Labute approximate surface area is 196 Å². The van der Waals surface area contributed by atoms with Crippen molar-refractivity contribution in [3.8, 4) is 11.5 Å². The van der Waals surface area contributed by atoms with Crippen LogP contribution in [0.25, 0.3) is 6.08 Å². The number of ether oxygens (including phenoxy) is 3. The van der Waals surface area contributed by atoms with Crippen LogP contribution in [0.2, 0.25) is 0 Å². The Morgan fingerprint density at radius 2 is 1.97 bits per heavy atom. The number of hydrogen-bond acceptors (Lipinski definition) is 9. The van der Waals surface area contributed by atoms with Crippen LogP contribution in [0.15, 0.2) is 56.8 Å². The van der Waals surface area contributed by atoms with Gasteiger partial charge in [0.1, 0.15) is 6.04 Å². The van der Waals surface area contributed by atoms with E-state index in [1.807, 2.05) is 17.5 Å². The molecule has 0 radical (unpaired) electrons. The molecule has 0 saturated heterocycles. The van der Waals surface area contributed by atoms with E-state index in [1.165, 1.54) is 48.4 Å². The second kappa shape index (κ2) is 9.16. The molecular formula is C23H20N2O6S2. The Morgan fingerprint density at radius 1 is 1.18 bits per heavy atom. The molecule has 0 spiro atoms. The van der Waals surface area contributed by atoms with E-state index in [4.69, 9.17) is 14.2 Å². The SMILES string of the molecule is COC(=O)C1=C(C)N=c2s/c(=C/c3ccc(OC)c(OC(C)=O)c3)c(=O)n2C1c1cccs1. The molecule has 0 amide bonds. The fourth-order valence-electron chi connectivity index (χ4n) is 3.58. The number of thiophene rings is 1. The van der Waals surface area contributed by atoms with Crippen LogP contribution >= 0.6 is 22.7 Å². The molecule has 0 N–H and O–H groups in total. The van der Waals surface area contributed by atoms with Crippen LogP contribution in [0.1, 0.15) is 30.3 Å². The van der Waals surface area contributed by atoms with Crippen molar-refractivity contribution in [1.82, 2.24) is 4.57 Å². The van der Waals surface area contributed by atoms with E-state index in [2.05, 4.69) is 4.99 Å². The highest BCUT2D eigenvalue weighted by Crippen LogP contribution is 2.33. The molecule has 8 nitrogen and oxygen atoms in total. The quantitative estimate of drug-likeness (QED) is 0.408. The number of rotatable bonds is 5. The number of fused-ring (bicyclic) bond motifs is 1. The molecule has 0 fully saturated rings. The fraction of sp³-hybridized carbons (Fsp3) is 0.217. The van der Waals surface area contributed by atoms with Crippen molar-refractivity contribution in [3.05, 3.63) is 77.1 Å². The van der Waals surface area contributed by atoms with E-state index in [9.17, 15) is 14.4 Å². The van der Waals surface area contributed by atoms with Crippen LogP contribution < -0.4 is 24.4 Å². The summed E-state index contributed by atoms with van der Waals surface area (Å²) in [4.78, 5) is 43.3. The van der Waals surface area contributed by atoms with E-state index in [1.54, 1.807) is 31.2 Å². The van der Waals surface area contributed by atoms with Gasteiger partial charge in [0, 0.05) is 11.8 Å². The monoisotopic (exact) mass is 484 g/mol. The Morgan fingerprint density at radius 3 is 2.61 bits per heavy atom. The number of benzene rings is 1. The predicted molar refractivity (Wildman–Crippen MR) is 124 cm³/mol. The van der Waals surface area contributed by atoms with Crippen LogP contribution in [-0.4, -0.2) is 30.7 Å². The molecule has 1 aliphatic rings. The third kappa shape index (κ3) is 4.27. The number of hydrogen-bond donors (Lipinski definition) is 0. The highest BCUT2D eigenvalue weighted by Gasteiger charge is 2.33. The molecule has 0 aliphatic carbocycles. The summed E-state index contributed by atoms with van der Waals surface area (Å²) in [5.74, 6) is -0.344. The van der Waals surface area contributed by atoms with Crippen molar-refractivity contribution in [2.24, 2.45) is 4.99 Å². The lowest BCUT2D eigenvalue weighted by atomic mass is 10.0. The first kappa shape index (κ1) is 22.7. The van der Waals surface area contributed by atoms with Crippen molar-refractivity contribution in [2.45, 2.75) is 19.9 Å². The maximum Gasteiger partial charge on any atom is 0.338 e. The van der Waals surface area contributed by atoms with E-state index >= 15 is 0 Å². The highest BCUT2D eigenvalue weighted by molar-refractivity contribution is 7.10. The first-order valence-corrected chi connectivity index (χ1v) is 11.5. The van der Waals surface area contributed by atoms with E-state index in [0.717, 1.165) is 4.88 Å². The van der Waals surface area contributed by atoms with Gasteiger partial charge in [0.25, 0.3) is 5.56 Å². The van der Waals surface area contributed by atoms with Crippen LogP contribution in [0.5, 0.6) is 11.5 Å². The number of aromatic nitrogens is 1. The van der Waals surface area contributed by atoms with Crippen molar-refractivity contribution >= 4 is 40.7 Å². The van der Waals surface area contributed by atoms with Crippen LogP contribution in [-0.2, 0) is 14.3 Å². The fourth-order valence-corrected chi connectivity index (χ4v) is 5.45. The van der Waals surface area contributed by atoms with Gasteiger partial charge < -0.3 is 14.2 Å². The first-order valence-electron chi connectivity index (χ1n) is 9.84. The van der Waals surface area contributed by atoms with Gasteiger partial charge in [-0.15, -0.1) is 11.3 Å². The summed E-state index contributed by atoms with van der Waals surface area (Å²) in [7, 11) is 2.79. The Kier molecular flexibility index (Phi) is 6.30. The molecule has 1 aliphatic heterocycles. The highest BCUT2D eigenvalue weighted by atomic mass is 32.1. The van der Waals surface area contributed by atoms with Gasteiger partial charge in [-0.25, -0.2) is 9.79 Å². The number of carbonyl (C=O) groups is 2. The molecule has 1 aromatic carbocycles. The Bertz CT molecular complexity index is 1450. The average molecular weight is 485 g/mol. The lowest BCUT2D eigenvalue weighted by Crippen LogP contribution is -2.39. The molecule has 0 bridgehead atoms. The van der Waals surface area contributed by atoms with Crippen molar-refractivity contribution in [1.29, 1.82) is 0 Å². The Hall–Kier alpha value is -3.50. The van der Waals surface area contributed by atoms with Crippen LogP contribution in [0.3, 0.4) is 0 Å². The summed E-state index contributed by atoms with van der Waals surface area (Å²) in [6, 6.07) is 8.17. The predicted octanol–water partition coefficient (Wildman–Crippen LogP) is 2.40. The molecule has 1 atom stereocenters. The molecule has 4 rings (SSSR count). The normalized spacial score (nSPS) is 15.6. The molecule has 2 aromatic heterocycles. The molecule has 33 heavy (non-hydrogen) atoms. The summed E-state index contributed by atoms with van der Waals surface area (Å²) in [5, 5.41) is 1.89. The van der Waals surface area contributed by atoms with E-state index in [0.29, 0.717) is 31.9 Å². The molecule has 1 unspecified atom stereocenters. The van der Waals surface area contributed by atoms with Gasteiger partial charge in [-0.1, -0.05) is 23.5 Å². The lowest BCUT2D eigenvalue weighted by Gasteiger charge is -2.22. The van der Waals surface area contributed by atoms with Gasteiger partial charge >= 0.3 is 11.9 Å². The third-order valence-corrected chi connectivity index (χ3v) is 6.89. The van der Waals surface area contributed by atoms with Gasteiger partial charge in [-0.2, -0.15) is 0 Å². The minimum Gasteiger partial charge on any atom is -0.493 e. The van der Waals surface area contributed by atoms with Gasteiger partial charge in [0.2, 0.25) is 0 Å². The molecule has 3 heterocycles. The number of nitrogens with zero attached hydrogens (tertiary/aromatic N) is 2. The molecule has 0 saturated carbocycles. The average Bonchev–Trinajstić information content (AvgIpc) is 3.41. The second-order valence-electron chi connectivity index (χ2n) is 7.09. The van der Waals surface area contributed by atoms with Gasteiger partial charge in [0.15, 0.2) is 16.3 Å². The minimum atomic E-state index is -0.622. The topological polar surface area (TPSA) is 96.2 Å². The standard InChI is InChI=1S/C23H20N2O6S2/c1-12-19(22(28)30-4)20(17-6-5-9-32-17)25-21(27)18(33-23(25)24-12)11-14-7-8-15(29-3)16(10-14)31-13(2)26/h5-11,20H,1-4H3/b18-11+. The maximum atomic E-state index is 13.5. The molecule has 170 valence electrons. The first-order chi connectivity index (χ1) is 15.8. The van der Waals surface area contributed by atoms with Gasteiger partial charge in [-0.05, 0) is 42.1 Å². The minimum absolute atomic E-state index is 0.256. The summed E-state index contributed by atoms with van der Waals surface area (Å²) in [6.45, 7) is 3.04. The zero-order valence-corrected chi connectivity index (χ0v) is 19.9. The zero-order chi connectivity index (χ0) is 23.7. The lowest BCUT2D eigenvalue weighted by molar-refractivity contribution is -0.136. The van der Waals surface area contributed by atoms with Crippen molar-refractivity contribution in [2.75, 3.05) is 14.2 Å². The number of thiazole rings is 1. The number of esters is 2. The zero-order valence-electron chi connectivity index (χ0n) is 18.3. The summed E-state index contributed by atoms with van der Waals surface area (Å²) >= 11 is 2.67. The van der Waals surface area contributed by atoms with Crippen LogP contribution in [0, 0.1) is 0 Å². The molecular weight excluding hydrogens is 464 g/mol. The largest absolute Gasteiger partial charge is 0.493 e. The number of methoxy groups -OCH3 is 2. The smallest absolute Gasteiger partial charge is 0.338 e. The summed E-state index contributed by atoms with van der Waals surface area (Å²) < 4.78 is 17.4. The van der Waals surface area contributed by atoms with Gasteiger partial charge in [-0.3, -0.25) is 14.2 Å². The van der Waals surface area contributed by atoms with Crippen molar-refractivity contribution < 1.29 is 23.8 Å². The second-order valence-corrected chi connectivity index (χ2v) is 9.08. The summed E-state index contributed by atoms with van der Waals surface area (Å²) in [5.41, 5.74) is 1.21. The van der Waals surface area contributed by atoms with E-state index in [-0.39, 0.29) is 11.3 Å². The Balaban J connectivity index is 1.89. The van der Waals surface area contributed by atoms with Crippen molar-refractivity contribution in [3.63, 3.8) is 0 Å². The molecule has 3 aromatic rings. The van der Waals surface area contributed by atoms with Crippen LogP contribution in [0.4, 0.5) is 0 Å². The van der Waals surface area contributed by atoms with Gasteiger partial charge in [0.05, 0.1) is 30.0 Å². The number of allylic oxidation sites excluding steroid dienone is 1. The van der Waals surface area contributed by atoms with E-state index < -0.39 is 18.0 Å².